The van der Waals surface area contributed by atoms with Crippen LogP contribution in [0.15, 0.2) is 42.5 Å². The summed E-state index contributed by atoms with van der Waals surface area (Å²) in [6, 6.07) is 11.8. The molecule has 3 heteroatoms. The fourth-order valence-electron chi connectivity index (χ4n) is 2.27. The third-order valence-corrected chi connectivity index (χ3v) is 3.40. The number of hydrogen-bond acceptors (Lipinski definition) is 1. The van der Waals surface area contributed by atoms with Crippen molar-refractivity contribution >= 4 is 11.6 Å². The molecule has 0 aliphatic heterocycles. The van der Waals surface area contributed by atoms with E-state index in [0.29, 0.717) is 16.5 Å². The molecule has 1 N–H and O–H groups in total. The van der Waals surface area contributed by atoms with Crippen molar-refractivity contribution in [2.75, 3.05) is 0 Å². The molecule has 1 nitrogen and oxygen atoms in total. The van der Waals surface area contributed by atoms with Crippen LogP contribution in [-0.4, -0.2) is 5.11 Å². The molecule has 0 fully saturated rings. The van der Waals surface area contributed by atoms with Gasteiger partial charge in [-0.1, -0.05) is 49.7 Å². The van der Waals surface area contributed by atoms with E-state index in [2.05, 4.69) is 13.8 Å². The summed E-state index contributed by atoms with van der Waals surface area (Å²) >= 11 is 5.87. The van der Waals surface area contributed by atoms with Crippen LogP contribution in [0.1, 0.15) is 36.6 Å². The fraction of sp³-hybridized carbons (Fsp3) is 0.294. The standard InChI is InChI=1S/C17H18ClFO/c1-11(2)8-12-4-3-5-13(9-12)17(20)15-10-14(18)6-7-16(15)19/h3-7,9-11,17,20H,8H2,1-2H3. The molecule has 106 valence electrons. The van der Waals surface area contributed by atoms with Gasteiger partial charge in [-0.25, -0.2) is 4.39 Å². The Labute approximate surface area is 124 Å². The lowest BCUT2D eigenvalue weighted by Crippen LogP contribution is -2.04. The second-order valence-electron chi connectivity index (χ2n) is 5.41. The maximum absolute atomic E-state index is 13.8. The normalized spacial score (nSPS) is 12.7. The highest BCUT2D eigenvalue weighted by atomic mass is 35.5. The molecule has 0 radical (unpaired) electrons. The van der Waals surface area contributed by atoms with Crippen LogP contribution in [-0.2, 0) is 6.42 Å². The molecule has 2 aromatic carbocycles. The molecule has 0 amide bonds. The number of halogens is 2. The number of aliphatic hydroxyl groups excluding tert-OH is 1. The summed E-state index contributed by atoms with van der Waals surface area (Å²) in [5.74, 6) is 0.0847. The maximum atomic E-state index is 13.8. The summed E-state index contributed by atoms with van der Waals surface area (Å²) in [6.07, 6.45) is -0.0701. The Bertz CT molecular complexity index is 595. The zero-order valence-electron chi connectivity index (χ0n) is 11.6. The van der Waals surface area contributed by atoms with Gasteiger partial charge in [0.05, 0.1) is 0 Å². The van der Waals surface area contributed by atoms with Crippen molar-refractivity contribution in [3.8, 4) is 0 Å². The summed E-state index contributed by atoms with van der Waals surface area (Å²) in [5.41, 5.74) is 2.03. The largest absolute Gasteiger partial charge is 0.384 e. The summed E-state index contributed by atoms with van der Waals surface area (Å²) in [5, 5.41) is 10.8. The van der Waals surface area contributed by atoms with Crippen molar-refractivity contribution in [2.45, 2.75) is 26.4 Å². The molecule has 0 spiro atoms. The highest BCUT2D eigenvalue weighted by Gasteiger charge is 2.16. The lowest BCUT2D eigenvalue weighted by Gasteiger charge is -2.14. The van der Waals surface area contributed by atoms with Crippen molar-refractivity contribution in [2.24, 2.45) is 5.92 Å². The molecule has 2 aromatic rings. The monoisotopic (exact) mass is 292 g/mol. The van der Waals surface area contributed by atoms with Gasteiger partial charge in [-0.15, -0.1) is 0 Å². The third-order valence-electron chi connectivity index (χ3n) is 3.16. The Hall–Kier alpha value is -1.38. The molecule has 0 aliphatic carbocycles. The van der Waals surface area contributed by atoms with E-state index in [4.69, 9.17) is 11.6 Å². The Balaban J connectivity index is 2.33. The van der Waals surface area contributed by atoms with Crippen molar-refractivity contribution in [1.29, 1.82) is 0 Å². The van der Waals surface area contributed by atoms with E-state index in [-0.39, 0.29) is 5.56 Å². The average molecular weight is 293 g/mol. The topological polar surface area (TPSA) is 20.2 Å². The summed E-state index contributed by atoms with van der Waals surface area (Å²) in [4.78, 5) is 0. The van der Waals surface area contributed by atoms with Crippen LogP contribution in [0.25, 0.3) is 0 Å². The Morgan fingerprint density at radius 2 is 1.90 bits per heavy atom. The summed E-state index contributed by atoms with van der Waals surface area (Å²) < 4.78 is 13.8. The second kappa shape index (κ2) is 6.38. The quantitative estimate of drug-likeness (QED) is 0.861. The number of aliphatic hydroxyl groups is 1. The van der Waals surface area contributed by atoms with Gasteiger partial charge in [-0.2, -0.15) is 0 Å². The van der Waals surface area contributed by atoms with E-state index >= 15 is 0 Å². The molecule has 0 saturated heterocycles. The van der Waals surface area contributed by atoms with Crippen LogP contribution in [0.2, 0.25) is 5.02 Å². The highest BCUT2D eigenvalue weighted by Crippen LogP contribution is 2.27. The molecular formula is C17H18ClFO. The molecule has 0 aliphatic rings. The van der Waals surface area contributed by atoms with Gasteiger partial charge in [0.15, 0.2) is 0 Å². The minimum atomic E-state index is -0.999. The minimum absolute atomic E-state index is 0.208. The Morgan fingerprint density at radius 3 is 2.60 bits per heavy atom. The van der Waals surface area contributed by atoms with Crippen molar-refractivity contribution in [3.05, 3.63) is 70.0 Å². The first-order chi connectivity index (χ1) is 9.47. The van der Waals surface area contributed by atoms with Crippen LogP contribution in [0, 0.1) is 11.7 Å². The molecule has 0 saturated carbocycles. The van der Waals surface area contributed by atoms with Gasteiger partial charge in [0.25, 0.3) is 0 Å². The van der Waals surface area contributed by atoms with Gasteiger partial charge >= 0.3 is 0 Å². The predicted octanol–water partition coefficient (Wildman–Crippen LogP) is 4.76. The maximum Gasteiger partial charge on any atom is 0.129 e. The predicted molar refractivity (Wildman–Crippen MR) is 80.5 cm³/mol. The summed E-state index contributed by atoms with van der Waals surface area (Å²) in [6.45, 7) is 4.28. The van der Waals surface area contributed by atoms with Crippen LogP contribution >= 0.6 is 11.6 Å². The van der Waals surface area contributed by atoms with E-state index in [9.17, 15) is 9.50 Å². The van der Waals surface area contributed by atoms with Crippen molar-refractivity contribution in [3.63, 3.8) is 0 Å². The van der Waals surface area contributed by atoms with Gasteiger partial charge in [-0.05, 0) is 41.7 Å². The highest BCUT2D eigenvalue weighted by molar-refractivity contribution is 6.30. The smallest absolute Gasteiger partial charge is 0.129 e. The molecule has 1 unspecified atom stereocenters. The lowest BCUT2D eigenvalue weighted by atomic mass is 9.96. The van der Waals surface area contributed by atoms with Crippen molar-refractivity contribution in [1.82, 2.24) is 0 Å². The lowest BCUT2D eigenvalue weighted by molar-refractivity contribution is 0.215. The minimum Gasteiger partial charge on any atom is -0.384 e. The van der Waals surface area contributed by atoms with Crippen LogP contribution < -0.4 is 0 Å². The molecule has 0 heterocycles. The molecule has 0 bridgehead atoms. The number of benzene rings is 2. The zero-order chi connectivity index (χ0) is 14.7. The number of hydrogen-bond donors (Lipinski definition) is 1. The van der Waals surface area contributed by atoms with E-state index in [1.807, 2.05) is 18.2 Å². The van der Waals surface area contributed by atoms with Gasteiger partial charge in [0.2, 0.25) is 0 Å². The molecule has 1 atom stereocenters. The van der Waals surface area contributed by atoms with E-state index in [0.717, 1.165) is 12.0 Å². The van der Waals surface area contributed by atoms with Gasteiger partial charge < -0.3 is 5.11 Å². The second-order valence-corrected chi connectivity index (χ2v) is 5.85. The van der Waals surface area contributed by atoms with E-state index < -0.39 is 11.9 Å². The van der Waals surface area contributed by atoms with Gasteiger partial charge in [0, 0.05) is 10.6 Å². The Morgan fingerprint density at radius 1 is 1.15 bits per heavy atom. The first-order valence-electron chi connectivity index (χ1n) is 6.69. The van der Waals surface area contributed by atoms with E-state index in [1.54, 1.807) is 6.07 Å². The van der Waals surface area contributed by atoms with Crippen LogP contribution in [0.5, 0.6) is 0 Å². The molecular weight excluding hydrogens is 275 g/mol. The SMILES string of the molecule is CC(C)Cc1cccc(C(O)c2cc(Cl)ccc2F)c1. The zero-order valence-corrected chi connectivity index (χ0v) is 12.4. The van der Waals surface area contributed by atoms with E-state index in [1.165, 1.54) is 18.2 Å². The number of rotatable bonds is 4. The Kier molecular flexibility index (Phi) is 4.79. The molecule has 2 rings (SSSR count). The first-order valence-corrected chi connectivity index (χ1v) is 7.07. The molecule has 0 aromatic heterocycles. The van der Waals surface area contributed by atoms with Crippen molar-refractivity contribution < 1.29 is 9.50 Å². The van der Waals surface area contributed by atoms with Crippen LogP contribution in [0.3, 0.4) is 0 Å². The fourth-order valence-corrected chi connectivity index (χ4v) is 2.45. The first kappa shape index (κ1) is 15.0. The van der Waals surface area contributed by atoms with Gasteiger partial charge in [0.1, 0.15) is 11.9 Å². The summed E-state index contributed by atoms with van der Waals surface area (Å²) in [7, 11) is 0. The molecule has 20 heavy (non-hydrogen) atoms. The van der Waals surface area contributed by atoms with Crippen LogP contribution in [0.4, 0.5) is 4.39 Å². The third kappa shape index (κ3) is 3.59. The average Bonchev–Trinajstić information content (AvgIpc) is 2.40. The van der Waals surface area contributed by atoms with Gasteiger partial charge in [-0.3, -0.25) is 0 Å².